The molecule has 0 amide bonds. The molecule has 0 fully saturated rings. The van der Waals surface area contributed by atoms with E-state index in [1.54, 1.807) is 15.6 Å². The van der Waals surface area contributed by atoms with E-state index in [4.69, 9.17) is 0 Å². The molecule has 24 heavy (non-hydrogen) atoms. The van der Waals surface area contributed by atoms with Crippen molar-refractivity contribution in [1.29, 1.82) is 0 Å². The Hall–Kier alpha value is -1.13. The van der Waals surface area contributed by atoms with Crippen molar-refractivity contribution < 1.29 is 0 Å². The van der Waals surface area contributed by atoms with E-state index >= 15 is 0 Å². The fraction of sp³-hybridized carbons (Fsp3) is 0.455. The lowest BCUT2D eigenvalue weighted by Gasteiger charge is -2.37. The second-order valence-electron chi connectivity index (χ2n) is 8.11. The van der Waals surface area contributed by atoms with E-state index in [1.165, 1.54) is 18.1 Å². The van der Waals surface area contributed by atoms with Gasteiger partial charge in [0, 0.05) is 0 Å². The zero-order valence-corrected chi connectivity index (χ0v) is 18.4. The van der Waals surface area contributed by atoms with Gasteiger partial charge in [-0.05, 0) is 5.92 Å². The Morgan fingerprint density at radius 3 is 1.79 bits per heavy atom. The predicted octanol–water partition coefficient (Wildman–Crippen LogP) is 4.86. The maximum absolute atomic E-state index is 2.61. The lowest BCUT2D eigenvalue weighted by Crippen LogP contribution is -2.65. The molecule has 0 saturated heterocycles. The van der Waals surface area contributed by atoms with Crippen LogP contribution in [-0.4, -0.2) is 16.1 Å². The second-order valence-corrected chi connectivity index (χ2v) is 17.4. The van der Waals surface area contributed by atoms with Crippen LogP contribution in [0.15, 0.2) is 54.6 Å². The van der Waals surface area contributed by atoms with Crippen LogP contribution in [-0.2, 0) is 0 Å². The van der Waals surface area contributed by atoms with Crippen LogP contribution in [0.25, 0.3) is 0 Å². The van der Waals surface area contributed by atoms with Crippen molar-refractivity contribution >= 4 is 31.7 Å². The third-order valence-corrected chi connectivity index (χ3v) is 15.8. The molecule has 0 spiro atoms. The Morgan fingerprint density at radius 2 is 1.29 bits per heavy atom. The van der Waals surface area contributed by atoms with Gasteiger partial charge in [0.1, 0.15) is 8.07 Å². The summed E-state index contributed by atoms with van der Waals surface area (Å²) in [7, 11) is -3.09. The predicted molar refractivity (Wildman–Crippen MR) is 116 cm³/mol. The Kier molecular flexibility index (Phi) is 6.27. The zero-order chi connectivity index (χ0) is 17.8. The van der Waals surface area contributed by atoms with E-state index < -0.39 is 16.1 Å². The van der Waals surface area contributed by atoms with Crippen molar-refractivity contribution in [2.45, 2.75) is 58.9 Å². The summed E-state index contributed by atoms with van der Waals surface area (Å²) in [6.45, 7) is 14.8. The summed E-state index contributed by atoms with van der Waals surface area (Å²) in [5, 5.41) is 5.02. The van der Waals surface area contributed by atoms with E-state index in [0.717, 1.165) is 5.92 Å². The summed E-state index contributed by atoms with van der Waals surface area (Å²) in [5.74, 6) is 0.779. The molecular formula is C22H34Si2. The third kappa shape index (κ3) is 3.75. The van der Waals surface area contributed by atoms with Crippen LogP contribution >= 0.6 is 0 Å². The topological polar surface area (TPSA) is 0 Å². The molecule has 0 unspecified atom stereocenters. The molecule has 0 bridgehead atoms. The first-order chi connectivity index (χ1) is 11.4. The van der Waals surface area contributed by atoms with Gasteiger partial charge in [0.15, 0.2) is 0 Å². The van der Waals surface area contributed by atoms with Crippen molar-refractivity contribution in [2.24, 2.45) is 5.92 Å². The summed E-state index contributed by atoms with van der Waals surface area (Å²) in [6.07, 6.45) is 0. The molecule has 0 radical (unpaired) electrons. The maximum atomic E-state index is 2.61. The molecule has 2 heteroatoms. The maximum Gasteiger partial charge on any atom is 0.114 e. The van der Waals surface area contributed by atoms with Gasteiger partial charge in [0.2, 0.25) is 0 Å². The van der Waals surface area contributed by atoms with Crippen molar-refractivity contribution in [3.05, 3.63) is 54.6 Å². The van der Waals surface area contributed by atoms with E-state index in [-0.39, 0.29) is 0 Å². The molecule has 2 aromatic rings. The lowest BCUT2D eigenvalue weighted by atomic mass is 10.3. The largest absolute Gasteiger partial charge is 0.114 e. The summed E-state index contributed by atoms with van der Waals surface area (Å²) in [5.41, 5.74) is 0. The van der Waals surface area contributed by atoms with Crippen LogP contribution in [0.4, 0.5) is 0 Å². The van der Waals surface area contributed by atoms with Crippen LogP contribution in [0.5, 0.6) is 0 Å². The van der Waals surface area contributed by atoms with E-state index in [9.17, 15) is 0 Å². The average molecular weight is 355 g/mol. The van der Waals surface area contributed by atoms with Crippen LogP contribution < -0.4 is 15.6 Å². The fourth-order valence-electron chi connectivity index (χ4n) is 4.19. The Bertz CT molecular complexity index is 650. The fourth-order valence-corrected chi connectivity index (χ4v) is 13.0. The van der Waals surface area contributed by atoms with E-state index in [1.807, 2.05) is 0 Å². The molecule has 0 heterocycles. The monoisotopic (exact) mass is 354 g/mol. The summed E-state index contributed by atoms with van der Waals surface area (Å²) in [4.78, 5) is 0. The number of rotatable bonds is 7. The van der Waals surface area contributed by atoms with Gasteiger partial charge < -0.3 is 0 Å². The van der Waals surface area contributed by atoms with Gasteiger partial charge in [-0.2, -0.15) is 0 Å². The average Bonchev–Trinajstić information content (AvgIpc) is 2.61. The minimum Gasteiger partial charge on any atom is -0.0675 e. The standard InChI is InChI=1S/C22H34Si2/c1-7-23(5,18-19(3)4)21-16-12-13-17-22(21)24(6,8-2)20-14-10-9-11-15-20/h9-17,19H,7-8,18H2,1-6H3/t23-,24-/m1/s1. The van der Waals surface area contributed by atoms with Gasteiger partial charge in [0.05, 0.1) is 8.07 Å². The molecule has 130 valence electrons. The molecule has 0 N–H and O–H groups in total. The Labute approximate surface area is 151 Å². The van der Waals surface area contributed by atoms with Crippen LogP contribution in [0.1, 0.15) is 27.7 Å². The first kappa shape index (κ1) is 19.2. The molecule has 2 aromatic carbocycles. The molecular weight excluding hydrogens is 320 g/mol. The third-order valence-electron chi connectivity index (χ3n) is 5.93. The highest BCUT2D eigenvalue weighted by Gasteiger charge is 2.37. The second kappa shape index (κ2) is 7.84. The highest BCUT2D eigenvalue weighted by Crippen LogP contribution is 2.22. The zero-order valence-electron chi connectivity index (χ0n) is 16.4. The molecule has 0 aliphatic rings. The van der Waals surface area contributed by atoms with Crippen molar-refractivity contribution in [1.82, 2.24) is 0 Å². The highest BCUT2D eigenvalue weighted by molar-refractivity contribution is 7.06. The van der Waals surface area contributed by atoms with Gasteiger partial charge >= 0.3 is 0 Å². The van der Waals surface area contributed by atoms with Crippen LogP contribution in [0.3, 0.4) is 0 Å². The minimum atomic E-state index is -1.66. The van der Waals surface area contributed by atoms with Gasteiger partial charge in [-0.1, -0.05) is 129 Å². The number of hydrogen-bond donors (Lipinski definition) is 0. The smallest absolute Gasteiger partial charge is 0.0675 e. The molecule has 2 rings (SSSR count). The Morgan fingerprint density at radius 1 is 0.750 bits per heavy atom. The molecule has 0 saturated carbocycles. The normalized spacial score (nSPS) is 16.6. The summed E-state index contributed by atoms with van der Waals surface area (Å²) < 4.78 is 0. The van der Waals surface area contributed by atoms with Crippen LogP contribution in [0.2, 0.25) is 31.2 Å². The van der Waals surface area contributed by atoms with Gasteiger partial charge in [0.25, 0.3) is 0 Å². The van der Waals surface area contributed by atoms with E-state index in [2.05, 4.69) is 95.4 Å². The molecule has 0 aromatic heterocycles. The summed E-state index contributed by atoms with van der Waals surface area (Å²) >= 11 is 0. The van der Waals surface area contributed by atoms with E-state index in [0.29, 0.717) is 0 Å². The number of benzene rings is 2. The molecule has 2 atom stereocenters. The minimum absolute atomic E-state index is 0.779. The van der Waals surface area contributed by atoms with Gasteiger partial charge in [-0.3, -0.25) is 0 Å². The molecule has 0 aliphatic carbocycles. The van der Waals surface area contributed by atoms with Crippen LogP contribution in [0, 0.1) is 5.92 Å². The van der Waals surface area contributed by atoms with Crippen molar-refractivity contribution in [3.63, 3.8) is 0 Å². The first-order valence-corrected chi connectivity index (χ1v) is 15.1. The van der Waals surface area contributed by atoms with Gasteiger partial charge in [-0.25, -0.2) is 0 Å². The van der Waals surface area contributed by atoms with Crippen molar-refractivity contribution in [3.8, 4) is 0 Å². The summed E-state index contributed by atoms with van der Waals surface area (Å²) in [6, 6.07) is 24.8. The number of hydrogen-bond acceptors (Lipinski definition) is 0. The SMILES string of the molecule is CC[Si@](C)(CC(C)C)c1ccccc1[Si@](C)(CC)c1ccccc1. The Balaban J connectivity index is 2.63. The highest BCUT2D eigenvalue weighted by atomic mass is 28.3. The molecule has 0 nitrogen and oxygen atoms in total. The van der Waals surface area contributed by atoms with Gasteiger partial charge in [-0.15, -0.1) is 0 Å². The first-order valence-electron chi connectivity index (χ1n) is 9.53. The molecule has 0 aliphatic heterocycles. The quantitative estimate of drug-likeness (QED) is 0.623. The van der Waals surface area contributed by atoms with Crippen molar-refractivity contribution in [2.75, 3.05) is 0 Å². The lowest BCUT2D eigenvalue weighted by molar-refractivity contribution is 0.720.